The Hall–Kier alpha value is -1.02. The van der Waals surface area contributed by atoms with Crippen LogP contribution in [-0.4, -0.2) is 11.9 Å². The average molecular weight is 294 g/mol. The Kier molecular flexibility index (Phi) is 5.09. The molecule has 1 aliphatic carbocycles. The topological polar surface area (TPSA) is 29.1 Å². The van der Waals surface area contributed by atoms with Crippen molar-refractivity contribution in [2.24, 2.45) is 11.8 Å². The van der Waals surface area contributed by atoms with Gasteiger partial charge in [0.15, 0.2) is 0 Å². The number of hydrogen-bond acceptors (Lipinski definition) is 1. The van der Waals surface area contributed by atoms with Gasteiger partial charge in [-0.15, -0.1) is 0 Å². The predicted molar refractivity (Wildman–Crippen MR) is 84.0 cm³/mol. The van der Waals surface area contributed by atoms with Crippen molar-refractivity contribution in [3.63, 3.8) is 0 Å². The van der Waals surface area contributed by atoms with E-state index in [4.69, 9.17) is 11.6 Å². The van der Waals surface area contributed by atoms with Crippen molar-refractivity contribution < 1.29 is 4.79 Å². The quantitative estimate of drug-likeness (QED) is 0.892. The zero-order chi connectivity index (χ0) is 14.7. The van der Waals surface area contributed by atoms with E-state index in [9.17, 15) is 4.79 Å². The van der Waals surface area contributed by atoms with Gasteiger partial charge in [-0.05, 0) is 61.3 Å². The molecule has 0 aromatic heterocycles. The fraction of sp³-hybridized carbons (Fsp3) is 0.588. The van der Waals surface area contributed by atoms with Crippen LogP contribution < -0.4 is 5.32 Å². The number of rotatable bonds is 3. The largest absolute Gasteiger partial charge is 0.353 e. The summed E-state index contributed by atoms with van der Waals surface area (Å²) in [5.41, 5.74) is 2.14. The molecule has 1 aromatic carbocycles. The van der Waals surface area contributed by atoms with Gasteiger partial charge in [0.05, 0.1) is 6.42 Å². The predicted octanol–water partition coefficient (Wildman–Crippen LogP) is 4.13. The molecular formula is C17H24ClNO. The van der Waals surface area contributed by atoms with Crippen LogP contribution in [-0.2, 0) is 11.2 Å². The molecular weight excluding hydrogens is 270 g/mol. The third kappa shape index (κ3) is 3.99. The molecule has 1 aromatic rings. The number of halogens is 1. The summed E-state index contributed by atoms with van der Waals surface area (Å²) in [7, 11) is 0. The van der Waals surface area contributed by atoms with Crippen LogP contribution in [0.2, 0.25) is 5.02 Å². The van der Waals surface area contributed by atoms with Crippen LogP contribution in [0.1, 0.15) is 44.2 Å². The lowest BCUT2D eigenvalue weighted by Crippen LogP contribution is -2.40. The average Bonchev–Trinajstić information content (AvgIpc) is 2.37. The Labute approximate surface area is 126 Å². The molecule has 1 aliphatic rings. The lowest BCUT2D eigenvalue weighted by molar-refractivity contribution is -0.121. The molecule has 20 heavy (non-hydrogen) atoms. The molecule has 1 amide bonds. The second-order valence-electron chi connectivity index (χ2n) is 6.28. The van der Waals surface area contributed by atoms with Crippen LogP contribution in [0.5, 0.6) is 0 Å². The number of nitrogens with one attached hydrogen (secondary N) is 1. The standard InChI is InChI=1S/C17H24ClNO/c1-11-4-7-16(9-12(11)2)19-17(20)10-14-5-6-15(18)8-13(14)3/h5-6,8,11-12,16H,4,7,9-10H2,1-3H3,(H,19,20). The molecule has 0 heterocycles. The van der Waals surface area contributed by atoms with Gasteiger partial charge in [0.2, 0.25) is 5.91 Å². The van der Waals surface area contributed by atoms with Gasteiger partial charge in [-0.2, -0.15) is 0 Å². The summed E-state index contributed by atoms with van der Waals surface area (Å²) < 4.78 is 0. The first kappa shape index (κ1) is 15.4. The first-order valence-corrected chi connectivity index (χ1v) is 7.88. The van der Waals surface area contributed by atoms with Crippen LogP contribution in [0.3, 0.4) is 0 Å². The zero-order valence-corrected chi connectivity index (χ0v) is 13.3. The molecule has 3 unspecified atom stereocenters. The van der Waals surface area contributed by atoms with E-state index in [2.05, 4.69) is 19.2 Å². The first-order chi connectivity index (χ1) is 9.45. The first-order valence-electron chi connectivity index (χ1n) is 7.50. The molecule has 0 radical (unpaired) electrons. The Balaban J connectivity index is 1.89. The lowest BCUT2D eigenvalue weighted by atomic mass is 9.79. The maximum atomic E-state index is 12.2. The summed E-state index contributed by atoms with van der Waals surface area (Å²) in [5.74, 6) is 1.61. The van der Waals surface area contributed by atoms with E-state index < -0.39 is 0 Å². The maximum Gasteiger partial charge on any atom is 0.224 e. The van der Waals surface area contributed by atoms with Crippen molar-refractivity contribution in [3.8, 4) is 0 Å². The van der Waals surface area contributed by atoms with E-state index in [1.807, 2.05) is 25.1 Å². The summed E-state index contributed by atoms with van der Waals surface area (Å²) in [6.07, 6.45) is 3.87. The van der Waals surface area contributed by atoms with Crippen molar-refractivity contribution >= 4 is 17.5 Å². The molecule has 0 spiro atoms. The van der Waals surface area contributed by atoms with Gasteiger partial charge in [0, 0.05) is 11.1 Å². The zero-order valence-electron chi connectivity index (χ0n) is 12.6. The van der Waals surface area contributed by atoms with Gasteiger partial charge in [0.1, 0.15) is 0 Å². The van der Waals surface area contributed by atoms with Gasteiger partial charge >= 0.3 is 0 Å². The minimum atomic E-state index is 0.127. The number of hydrogen-bond donors (Lipinski definition) is 1. The Bertz CT molecular complexity index is 486. The molecule has 3 atom stereocenters. The van der Waals surface area contributed by atoms with Gasteiger partial charge in [-0.1, -0.05) is 31.5 Å². The molecule has 3 heteroatoms. The highest BCUT2D eigenvalue weighted by Gasteiger charge is 2.25. The Morgan fingerprint density at radius 2 is 2.05 bits per heavy atom. The van der Waals surface area contributed by atoms with Crippen molar-refractivity contribution in [2.75, 3.05) is 0 Å². The lowest BCUT2D eigenvalue weighted by Gasteiger charge is -2.32. The number of amides is 1. The molecule has 1 saturated carbocycles. The molecule has 1 N–H and O–H groups in total. The van der Waals surface area contributed by atoms with Gasteiger partial charge in [0.25, 0.3) is 0 Å². The van der Waals surface area contributed by atoms with Gasteiger partial charge < -0.3 is 5.32 Å². The van der Waals surface area contributed by atoms with Crippen molar-refractivity contribution in [2.45, 2.75) is 52.5 Å². The number of aryl methyl sites for hydroxylation is 1. The highest BCUT2D eigenvalue weighted by molar-refractivity contribution is 6.30. The minimum absolute atomic E-state index is 0.127. The third-order valence-electron chi connectivity index (χ3n) is 4.62. The van der Waals surface area contributed by atoms with E-state index in [0.717, 1.165) is 34.9 Å². The Morgan fingerprint density at radius 3 is 2.70 bits per heavy atom. The second kappa shape index (κ2) is 6.62. The fourth-order valence-electron chi connectivity index (χ4n) is 2.99. The Morgan fingerprint density at radius 1 is 1.30 bits per heavy atom. The number of benzene rings is 1. The monoisotopic (exact) mass is 293 g/mol. The summed E-state index contributed by atoms with van der Waals surface area (Å²) in [4.78, 5) is 12.2. The molecule has 0 aliphatic heterocycles. The van der Waals surface area contributed by atoms with E-state index in [1.165, 1.54) is 6.42 Å². The van der Waals surface area contributed by atoms with Gasteiger partial charge in [-0.3, -0.25) is 4.79 Å². The smallest absolute Gasteiger partial charge is 0.224 e. The van der Waals surface area contributed by atoms with Crippen LogP contribution in [0.4, 0.5) is 0 Å². The maximum absolute atomic E-state index is 12.2. The van der Waals surface area contributed by atoms with Crippen LogP contribution >= 0.6 is 11.6 Å². The molecule has 0 saturated heterocycles. The van der Waals surface area contributed by atoms with Gasteiger partial charge in [-0.25, -0.2) is 0 Å². The van der Waals surface area contributed by atoms with E-state index in [-0.39, 0.29) is 5.91 Å². The molecule has 110 valence electrons. The summed E-state index contributed by atoms with van der Waals surface area (Å²) in [5, 5.41) is 3.91. The molecule has 2 rings (SSSR count). The van der Waals surface area contributed by atoms with Crippen molar-refractivity contribution in [1.82, 2.24) is 5.32 Å². The third-order valence-corrected chi connectivity index (χ3v) is 4.85. The van der Waals surface area contributed by atoms with Crippen molar-refractivity contribution in [1.29, 1.82) is 0 Å². The van der Waals surface area contributed by atoms with Crippen LogP contribution in [0.15, 0.2) is 18.2 Å². The summed E-state index contributed by atoms with van der Waals surface area (Å²) >= 11 is 5.94. The van der Waals surface area contributed by atoms with E-state index in [1.54, 1.807) is 0 Å². The number of carbonyl (C=O) groups is 1. The summed E-state index contributed by atoms with van der Waals surface area (Å²) in [6.45, 7) is 6.59. The molecule has 0 bridgehead atoms. The SMILES string of the molecule is Cc1cc(Cl)ccc1CC(=O)NC1CCC(C)C(C)C1. The van der Waals surface area contributed by atoms with Crippen LogP contribution in [0, 0.1) is 18.8 Å². The molecule has 1 fully saturated rings. The molecule has 2 nitrogen and oxygen atoms in total. The number of carbonyl (C=O) groups excluding carboxylic acids is 1. The highest BCUT2D eigenvalue weighted by Crippen LogP contribution is 2.29. The normalized spacial score (nSPS) is 26.3. The second-order valence-corrected chi connectivity index (χ2v) is 6.72. The summed E-state index contributed by atoms with van der Waals surface area (Å²) in [6, 6.07) is 6.06. The van der Waals surface area contributed by atoms with E-state index >= 15 is 0 Å². The van der Waals surface area contributed by atoms with Crippen molar-refractivity contribution in [3.05, 3.63) is 34.3 Å². The van der Waals surface area contributed by atoms with Crippen LogP contribution in [0.25, 0.3) is 0 Å². The van der Waals surface area contributed by atoms with E-state index in [0.29, 0.717) is 18.4 Å². The minimum Gasteiger partial charge on any atom is -0.353 e. The highest BCUT2D eigenvalue weighted by atomic mass is 35.5. The fourth-order valence-corrected chi connectivity index (χ4v) is 3.21.